The van der Waals surface area contributed by atoms with Gasteiger partial charge in [-0.15, -0.1) is 45.3 Å². The number of methoxy groups -OCH3 is 5. The highest BCUT2D eigenvalue weighted by Crippen LogP contribution is 2.33. The topological polar surface area (TPSA) is 424 Å². The lowest BCUT2D eigenvalue weighted by Gasteiger charge is -2.11. The summed E-state index contributed by atoms with van der Waals surface area (Å²) in [7, 11) is 9.33. The Morgan fingerprint density at radius 2 is 0.692 bits per heavy atom. The lowest BCUT2D eigenvalue weighted by molar-refractivity contribution is -0.137. The standard InChI is InChI=1S/C26H25N3O6S.C25H22F3N3O6S2.2C25H23N3O5S/c1-15-10-17(8-9-19(15)25(32)35-4)14-29-23(31)20-12-21(36-24(20)28(2)26(29)33)22(30)27-13-16-6-5-7-18(11-16)34-3;1-30-23-19(13-20(38-23)21(32)29-14-15-5-3-7-17(11-15)37-2)22(33)31(24(30)34)9-10-39(35,36)18-8-4-6-16(12-18)25(26,27)28;1-27-24-19(14-21(34-24)22(30)26-15-16-7-6-10-18(13-16)33-2)23(31)28(25(27)32)12-11-20(29)17-8-4-3-5-9-17;1-27-24-19(14-21(34-24)22(30)26-15-16-8-10-18(33-2)11-9-16)23(31)28(25(27)32)13-12-20(29)17-6-4-3-5-7-17/h5-12H,13-14H2,1-4H3,(H,27,30);3-8,11-13H,9-10,14H2,1-2H3,(H,29,32);3-10,13-14H,11-12,15H2,1-2H3,(H,26,30);3-11,14H,12-13,15H2,1-2H3,(H,26,30). The van der Waals surface area contributed by atoms with E-state index in [1.807, 2.05) is 84.9 Å². The predicted octanol–water partition coefficient (Wildman–Crippen LogP) is 12.0. The molecule has 8 aromatic carbocycles. The number of carbonyl (C=O) groups is 7. The fourth-order valence-electron chi connectivity index (χ4n) is 15.0. The summed E-state index contributed by atoms with van der Waals surface area (Å²) in [6.07, 6.45) is -4.70. The van der Waals surface area contributed by atoms with Gasteiger partial charge in [-0.1, -0.05) is 127 Å². The molecule has 8 aromatic heterocycles. The lowest BCUT2D eigenvalue weighted by Crippen LogP contribution is -2.40. The third-order valence-electron chi connectivity index (χ3n) is 22.8. The number of halogens is 3. The van der Waals surface area contributed by atoms with Gasteiger partial charge in [-0.05, 0) is 137 Å². The van der Waals surface area contributed by atoms with E-state index in [0.717, 1.165) is 110 Å². The number of nitrogens with zero attached hydrogens (tertiary/aromatic N) is 8. The summed E-state index contributed by atoms with van der Waals surface area (Å²) in [5.74, 6) is -0.333. The molecule has 16 aromatic rings. The summed E-state index contributed by atoms with van der Waals surface area (Å²) in [4.78, 5) is 194. The van der Waals surface area contributed by atoms with Gasteiger partial charge in [0.1, 0.15) is 42.3 Å². The van der Waals surface area contributed by atoms with E-state index < -0.39 is 95.6 Å². The average Bonchev–Trinajstić information content (AvgIpc) is 1.65. The maximum Gasteiger partial charge on any atom is 0.416 e. The van der Waals surface area contributed by atoms with Crippen LogP contribution in [0.5, 0.6) is 23.0 Å². The van der Waals surface area contributed by atoms with Crippen LogP contribution in [0.4, 0.5) is 13.2 Å². The number of alkyl halides is 3. The van der Waals surface area contributed by atoms with Crippen LogP contribution in [-0.4, -0.2) is 127 Å². The molecule has 143 heavy (non-hydrogen) atoms. The molecule has 4 N–H and O–H groups in total. The van der Waals surface area contributed by atoms with E-state index in [0.29, 0.717) is 91.4 Å². The normalized spacial score (nSPS) is 11.2. The van der Waals surface area contributed by atoms with Crippen LogP contribution in [-0.2, 0) is 101 Å². The number of hydrogen-bond donors (Lipinski definition) is 4. The van der Waals surface area contributed by atoms with Gasteiger partial charge in [0.05, 0.1) is 105 Å². The maximum absolute atomic E-state index is 13.2. The van der Waals surface area contributed by atoms with Gasteiger partial charge < -0.3 is 45.0 Å². The number of fused-ring (bicyclic) bond motifs is 4. The summed E-state index contributed by atoms with van der Waals surface area (Å²) in [5.41, 5.74) is 0.436. The molecule has 0 aliphatic heterocycles. The summed E-state index contributed by atoms with van der Waals surface area (Å²) < 4.78 is 99.0. The van der Waals surface area contributed by atoms with Crippen LogP contribution >= 0.6 is 45.3 Å². The molecule has 8 heterocycles. The fourth-order valence-corrected chi connectivity index (χ4v) is 20.3. The van der Waals surface area contributed by atoms with E-state index in [4.69, 9.17) is 23.7 Å². The number of sulfone groups is 1. The van der Waals surface area contributed by atoms with E-state index in [-0.39, 0.29) is 113 Å². The number of rotatable bonds is 31. The molecule has 0 radical (unpaired) electrons. The van der Waals surface area contributed by atoms with Gasteiger partial charge >= 0.3 is 34.9 Å². The Morgan fingerprint density at radius 1 is 0.357 bits per heavy atom. The minimum Gasteiger partial charge on any atom is -0.497 e. The molecule has 0 bridgehead atoms. The molecule has 4 amide bonds. The first-order chi connectivity index (χ1) is 68.3. The Morgan fingerprint density at radius 3 is 1.04 bits per heavy atom. The lowest BCUT2D eigenvalue weighted by atomic mass is 10.1. The smallest absolute Gasteiger partial charge is 0.416 e. The molecule has 0 spiro atoms. The van der Waals surface area contributed by atoms with Crippen LogP contribution < -0.4 is 85.2 Å². The van der Waals surface area contributed by atoms with E-state index in [2.05, 4.69) is 21.3 Å². The summed E-state index contributed by atoms with van der Waals surface area (Å²) in [6.45, 7) is 2.18. The van der Waals surface area contributed by atoms with Gasteiger partial charge in [0.15, 0.2) is 21.4 Å². The van der Waals surface area contributed by atoms with Crippen molar-refractivity contribution in [3.05, 3.63) is 383 Å². The zero-order valence-electron chi connectivity index (χ0n) is 78.4. The van der Waals surface area contributed by atoms with Crippen molar-refractivity contribution in [1.82, 2.24) is 57.8 Å². The van der Waals surface area contributed by atoms with Crippen molar-refractivity contribution in [3.63, 3.8) is 0 Å². The van der Waals surface area contributed by atoms with Gasteiger partial charge in [-0.25, -0.2) is 32.4 Å². The van der Waals surface area contributed by atoms with Crippen molar-refractivity contribution < 1.29 is 78.8 Å². The molecule has 16 rings (SSSR count). The van der Waals surface area contributed by atoms with Crippen molar-refractivity contribution in [2.45, 2.75) is 83.2 Å². The van der Waals surface area contributed by atoms with E-state index in [1.54, 1.807) is 140 Å². The van der Waals surface area contributed by atoms with Crippen molar-refractivity contribution in [3.8, 4) is 23.0 Å². The van der Waals surface area contributed by atoms with Gasteiger partial charge in [-0.2, -0.15) is 13.2 Å². The van der Waals surface area contributed by atoms with E-state index in [1.165, 1.54) is 59.2 Å². The highest BCUT2D eigenvalue weighted by atomic mass is 32.2. The monoisotopic (exact) mass is 2040 g/mol. The van der Waals surface area contributed by atoms with Crippen LogP contribution in [0.1, 0.15) is 122 Å². The predicted molar refractivity (Wildman–Crippen MR) is 538 cm³/mol. The Labute approximate surface area is 827 Å². The van der Waals surface area contributed by atoms with Crippen LogP contribution in [0.3, 0.4) is 0 Å². The molecule has 0 saturated carbocycles. The Bertz CT molecular complexity index is 8250. The van der Waals surface area contributed by atoms with Crippen molar-refractivity contribution in [2.75, 3.05) is 41.3 Å². The summed E-state index contributed by atoms with van der Waals surface area (Å²) in [5, 5.41) is 12.1. The van der Waals surface area contributed by atoms with Crippen LogP contribution in [0.2, 0.25) is 0 Å². The molecule has 0 aliphatic rings. The number of amides is 4. The number of aromatic nitrogens is 8. The first-order valence-electron chi connectivity index (χ1n) is 43.6. The Kier molecular flexibility index (Phi) is 33.5. The molecule has 740 valence electrons. The number of Topliss-reactive ketones (excluding diaryl/α,β-unsaturated/α-hetero) is 2. The average molecular weight is 2040 g/mol. The van der Waals surface area contributed by atoms with Gasteiger partial charge in [-0.3, -0.25) is 84.5 Å². The molecule has 0 atom stereocenters. The fraction of sp³-hybridized carbons (Fsp3) is 0.218. The van der Waals surface area contributed by atoms with Gasteiger partial charge in [0, 0.05) is 98.0 Å². The highest BCUT2D eigenvalue weighted by molar-refractivity contribution is 7.91. The summed E-state index contributed by atoms with van der Waals surface area (Å²) >= 11 is 4.18. The van der Waals surface area contributed by atoms with E-state index in [9.17, 15) is 93.5 Å². The van der Waals surface area contributed by atoms with Crippen LogP contribution in [0, 0.1) is 6.92 Å². The van der Waals surface area contributed by atoms with Gasteiger partial charge in [0.25, 0.3) is 45.9 Å². The number of ketones is 2. The van der Waals surface area contributed by atoms with Crippen molar-refractivity contribution >= 4 is 137 Å². The number of benzene rings is 8. The Hall–Kier alpha value is -16.1. The summed E-state index contributed by atoms with van der Waals surface area (Å²) in [6, 6.07) is 60.6. The number of thiophene rings is 4. The van der Waals surface area contributed by atoms with Crippen molar-refractivity contribution in [2.24, 2.45) is 28.2 Å². The molecule has 42 heteroatoms. The maximum atomic E-state index is 13.2. The second-order valence-corrected chi connectivity index (χ2v) is 38.4. The minimum absolute atomic E-state index is 0.0166. The van der Waals surface area contributed by atoms with Crippen LogP contribution in [0.15, 0.2) is 268 Å². The number of hydrogen-bond acceptors (Lipinski definition) is 26. The Balaban J connectivity index is 0.000000160. The first kappa shape index (κ1) is 104. The largest absolute Gasteiger partial charge is 0.497 e. The number of aryl methyl sites for hydroxylation is 5. The molecule has 0 saturated heterocycles. The van der Waals surface area contributed by atoms with Crippen molar-refractivity contribution in [1.29, 1.82) is 0 Å². The zero-order chi connectivity index (χ0) is 103. The molecule has 0 aliphatic carbocycles. The molecule has 34 nitrogen and oxygen atoms in total. The first-order valence-corrected chi connectivity index (χ1v) is 48.6. The number of carbonyl (C=O) groups excluding carboxylic acids is 7. The minimum atomic E-state index is -4.74. The number of esters is 1. The number of ether oxygens (including phenoxy) is 5. The third kappa shape index (κ3) is 24.5. The SMILES string of the molecule is COC(=O)c1ccc(Cn2c(=O)c3cc(C(=O)NCc4cccc(OC)c4)sc3n(C)c2=O)cc1C.COc1ccc(CNC(=O)c2cc3c(=O)n(CCC(=O)c4ccccc4)c(=O)n(C)c3s2)cc1.COc1cccc(CNC(=O)c2cc3c(=O)n(CCC(=O)c4ccccc4)c(=O)n(C)c3s2)c1.COc1cccc(CNC(=O)c2cc3c(=O)n(CCS(=O)(=O)c4cccc(C(F)(F)F)c4)c(=O)n(C)c3s2)c1. The van der Waals surface area contributed by atoms with Crippen LogP contribution in [0.25, 0.3) is 40.9 Å². The highest BCUT2D eigenvalue weighted by Gasteiger charge is 2.33. The van der Waals surface area contributed by atoms with Gasteiger partial charge in [0.2, 0.25) is 0 Å². The second kappa shape index (κ2) is 45.9. The zero-order valence-corrected chi connectivity index (χ0v) is 82.5. The molecule has 0 fully saturated rings. The quantitative estimate of drug-likeness (QED) is 0.0231. The van der Waals surface area contributed by atoms with E-state index >= 15 is 0 Å². The second-order valence-electron chi connectivity index (χ2n) is 32.1. The number of nitrogens with one attached hydrogen (secondary N) is 4. The molecular formula is C101H93F3N12O22S5. The third-order valence-corrected chi connectivity index (χ3v) is 29.3. The molecular weight excluding hydrogens is 1950 g/mol. The molecule has 0 unspecified atom stereocenters.